The largest absolute Gasteiger partial charge is 0.465 e. The zero-order valence-corrected chi connectivity index (χ0v) is 12.6. The van der Waals surface area contributed by atoms with Gasteiger partial charge in [-0.1, -0.05) is 29.3 Å². The standard InChI is InChI=1S/C13H16Cl2N2O4/c14-9-2-1-8(5-10(9)15)11-13(20,6-16)7-17(12(18)19)3-4-21-11/h1-2,5,11,20H,3-4,6-7,16H2,(H,18,19). The molecule has 2 atom stereocenters. The lowest BCUT2D eigenvalue weighted by Gasteiger charge is -2.34. The average Bonchev–Trinajstić information content (AvgIpc) is 2.62. The fourth-order valence-corrected chi connectivity index (χ4v) is 2.65. The number of nitrogens with two attached hydrogens (primary N) is 1. The van der Waals surface area contributed by atoms with Crippen molar-refractivity contribution in [1.82, 2.24) is 4.90 Å². The molecule has 1 aromatic carbocycles. The van der Waals surface area contributed by atoms with E-state index in [0.29, 0.717) is 15.6 Å². The Labute approximate surface area is 132 Å². The second-order valence-corrected chi connectivity index (χ2v) is 5.75. The molecule has 21 heavy (non-hydrogen) atoms. The van der Waals surface area contributed by atoms with Gasteiger partial charge in [0.2, 0.25) is 0 Å². The highest BCUT2D eigenvalue weighted by Gasteiger charge is 2.42. The molecule has 2 unspecified atom stereocenters. The van der Waals surface area contributed by atoms with Crippen molar-refractivity contribution in [3.63, 3.8) is 0 Å². The number of hydrogen-bond acceptors (Lipinski definition) is 4. The van der Waals surface area contributed by atoms with E-state index < -0.39 is 17.8 Å². The summed E-state index contributed by atoms with van der Waals surface area (Å²) in [5.41, 5.74) is 4.72. The third kappa shape index (κ3) is 3.41. The van der Waals surface area contributed by atoms with E-state index in [1.54, 1.807) is 18.2 Å². The molecular formula is C13H16Cl2N2O4. The fraction of sp³-hybridized carbons (Fsp3) is 0.462. The highest BCUT2D eigenvalue weighted by molar-refractivity contribution is 6.42. The number of halogens is 2. The number of nitrogens with zero attached hydrogens (tertiary/aromatic N) is 1. The SMILES string of the molecule is NCC1(O)CN(C(=O)O)CCOC1c1ccc(Cl)c(Cl)c1. The van der Waals surface area contributed by atoms with Gasteiger partial charge in [0.25, 0.3) is 0 Å². The lowest BCUT2D eigenvalue weighted by Crippen LogP contribution is -2.52. The first-order chi connectivity index (χ1) is 9.87. The summed E-state index contributed by atoms with van der Waals surface area (Å²) in [6, 6.07) is 4.86. The average molecular weight is 335 g/mol. The maximum Gasteiger partial charge on any atom is 0.407 e. The van der Waals surface area contributed by atoms with Gasteiger partial charge < -0.3 is 25.6 Å². The lowest BCUT2D eigenvalue weighted by atomic mass is 9.90. The van der Waals surface area contributed by atoms with Crippen LogP contribution in [-0.2, 0) is 4.74 Å². The molecule has 2 rings (SSSR count). The molecule has 6 nitrogen and oxygen atoms in total. The number of hydrogen-bond donors (Lipinski definition) is 3. The van der Waals surface area contributed by atoms with E-state index >= 15 is 0 Å². The Bertz CT molecular complexity index is 543. The van der Waals surface area contributed by atoms with Crippen molar-refractivity contribution in [3.05, 3.63) is 33.8 Å². The van der Waals surface area contributed by atoms with Gasteiger partial charge in [0, 0.05) is 13.1 Å². The number of benzene rings is 1. The summed E-state index contributed by atoms with van der Waals surface area (Å²) in [5.74, 6) is 0. The third-order valence-electron chi connectivity index (χ3n) is 3.47. The number of carbonyl (C=O) groups is 1. The van der Waals surface area contributed by atoms with E-state index in [9.17, 15) is 9.90 Å². The van der Waals surface area contributed by atoms with Crippen LogP contribution in [0.1, 0.15) is 11.7 Å². The monoisotopic (exact) mass is 334 g/mol. The zero-order valence-electron chi connectivity index (χ0n) is 11.1. The highest BCUT2D eigenvalue weighted by atomic mass is 35.5. The Morgan fingerprint density at radius 2 is 2.19 bits per heavy atom. The summed E-state index contributed by atoms with van der Waals surface area (Å²) < 4.78 is 5.63. The first kappa shape index (κ1) is 16.3. The van der Waals surface area contributed by atoms with Crippen LogP contribution in [0.15, 0.2) is 18.2 Å². The van der Waals surface area contributed by atoms with Gasteiger partial charge in [0.15, 0.2) is 0 Å². The van der Waals surface area contributed by atoms with Crippen LogP contribution in [0.5, 0.6) is 0 Å². The van der Waals surface area contributed by atoms with Gasteiger partial charge in [0.1, 0.15) is 11.7 Å². The van der Waals surface area contributed by atoms with E-state index in [0.717, 1.165) is 4.90 Å². The second-order valence-electron chi connectivity index (χ2n) is 4.94. The van der Waals surface area contributed by atoms with Gasteiger partial charge in [0.05, 0.1) is 23.2 Å². The first-order valence-electron chi connectivity index (χ1n) is 6.34. The molecule has 1 saturated heterocycles. The minimum absolute atomic E-state index is 0.135. The van der Waals surface area contributed by atoms with Crippen molar-refractivity contribution < 1.29 is 19.7 Å². The lowest BCUT2D eigenvalue weighted by molar-refractivity contribution is -0.0929. The molecule has 0 radical (unpaired) electrons. The van der Waals surface area contributed by atoms with Crippen LogP contribution in [0.4, 0.5) is 4.79 Å². The molecule has 1 aliphatic rings. The smallest absolute Gasteiger partial charge is 0.407 e. The predicted octanol–water partition coefficient (Wildman–Crippen LogP) is 1.73. The molecule has 8 heteroatoms. The predicted molar refractivity (Wildman–Crippen MR) is 78.8 cm³/mol. The molecule has 116 valence electrons. The maximum atomic E-state index is 11.1. The van der Waals surface area contributed by atoms with Crippen molar-refractivity contribution in [2.45, 2.75) is 11.7 Å². The second kappa shape index (κ2) is 6.37. The van der Waals surface area contributed by atoms with Crippen LogP contribution in [0, 0.1) is 0 Å². The molecule has 1 aliphatic heterocycles. The minimum atomic E-state index is -1.54. The molecule has 1 amide bonds. The highest BCUT2D eigenvalue weighted by Crippen LogP contribution is 2.35. The fourth-order valence-electron chi connectivity index (χ4n) is 2.35. The van der Waals surface area contributed by atoms with E-state index in [2.05, 4.69) is 0 Å². The van der Waals surface area contributed by atoms with Crippen LogP contribution in [0.25, 0.3) is 0 Å². The number of ether oxygens (including phenoxy) is 1. The Hall–Kier alpha value is -1.05. The van der Waals surface area contributed by atoms with E-state index in [1.807, 2.05) is 0 Å². The summed E-state index contributed by atoms with van der Waals surface area (Å²) in [7, 11) is 0. The van der Waals surface area contributed by atoms with Crippen LogP contribution in [-0.4, -0.2) is 53.0 Å². The molecular weight excluding hydrogens is 319 g/mol. The van der Waals surface area contributed by atoms with Crippen LogP contribution in [0.3, 0.4) is 0 Å². The Morgan fingerprint density at radius 1 is 1.48 bits per heavy atom. The van der Waals surface area contributed by atoms with Gasteiger partial charge >= 0.3 is 6.09 Å². The summed E-state index contributed by atoms with van der Waals surface area (Å²) >= 11 is 11.9. The molecule has 0 bridgehead atoms. The topological polar surface area (TPSA) is 96.0 Å². The first-order valence-corrected chi connectivity index (χ1v) is 7.10. The maximum absolute atomic E-state index is 11.1. The van der Waals surface area contributed by atoms with Crippen molar-refractivity contribution in [3.8, 4) is 0 Å². The normalized spacial score (nSPS) is 26.5. The summed E-state index contributed by atoms with van der Waals surface area (Å²) in [6.07, 6.45) is -1.90. The molecule has 0 spiro atoms. The summed E-state index contributed by atoms with van der Waals surface area (Å²) in [4.78, 5) is 12.2. The number of aliphatic hydroxyl groups is 1. The summed E-state index contributed by atoms with van der Waals surface area (Å²) in [6.45, 7) is 0.0282. The van der Waals surface area contributed by atoms with Crippen molar-refractivity contribution in [1.29, 1.82) is 0 Å². The summed E-state index contributed by atoms with van der Waals surface area (Å²) in [5, 5.41) is 20.5. The quantitative estimate of drug-likeness (QED) is 0.765. The van der Waals surface area contributed by atoms with E-state index in [-0.39, 0.29) is 26.2 Å². The van der Waals surface area contributed by atoms with Gasteiger partial charge in [-0.05, 0) is 17.7 Å². The molecule has 1 heterocycles. The minimum Gasteiger partial charge on any atom is -0.465 e. The Balaban J connectivity index is 2.36. The molecule has 1 aromatic rings. The van der Waals surface area contributed by atoms with E-state index in [4.69, 9.17) is 38.8 Å². The van der Waals surface area contributed by atoms with Gasteiger partial charge in [-0.2, -0.15) is 0 Å². The molecule has 4 N–H and O–H groups in total. The van der Waals surface area contributed by atoms with Crippen molar-refractivity contribution >= 4 is 29.3 Å². The van der Waals surface area contributed by atoms with Gasteiger partial charge in [-0.3, -0.25) is 0 Å². The van der Waals surface area contributed by atoms with Crippen molar-refractivity contribution in [2.75, 3.05) is 26.2 Å². The Morgan fingerprint density at radius 3 is 2.76 bits per heavy atom. The third-order valence-corrected chi connectivity index (χ3v) is 4.21. The van der Waals surface area contributed by atoms with Gasteiger partial charge in [-0.15, -0.1) is 0 Å². The number of rotatable bonds is 2. The number of amides is 1. The van der Waals surface area contributed by atoms with E-state index in [1.165, 1.54) is 0 Å². The number of β-amino-alcohol motifs (C(OH)–C–C–N with tert-alkyl or cyclic N) is 1. The van der Waals surface area contributed by atoms with Gasteiger partial charge in [-0.25, -0.2) is 4.79 Å². The van der Waals surface area contributed by atoms with Crippen LogP contribution >= 0.6 is 23.2 Å². The number of carboxylic acid groups (broad SMARTS) is 1. The molecule has 1 fully saturated rings. The van der Waals surface area contributed by atoms with Crippen LogP contribution < -0.4 is 5.73 Å². The molecule has 0 aromatic heterocycles. The molecule has 0 aliphatic carbocycles. The molecule has 0 saturated carbocycles. The van der Waals surface area contributed by atoms with Crippen molar-refractivity contribution in [2.24, 2.45) is 5.73 Å². The Kier molecular flexibility index (Phi) is 4.95. The van der Waals surface area contributed by atoms with Crippen LogP contribution in [0.2, 0.25) is 10.0 Å². The zero-order chi connectivity index (χ0) is 15.6.